The molecule has 0 N–H and O–H groups in total. The predicted octanol–water partition coefficient (Wildman–Crippen LogP) is 2.51. The van der Waals surface area contributed by atoms with Gasteiger partial charge in [-0.2, -0.15) is 5.26 Å². The van der Waals surface area contributed by atoms with Gasteiger partial charge in [0.15, 0.2) is 0 Å². The molecule has 3 nitrogen and oxygen atoms in total. The minimum absolute atomic E-state index is 0.0196. The zero-order chi connectivity index (χ0) is 12.7. The molecule has 1 rings (SSSR count). The summed E-state index contributed by atoms with van der Waals surface area (Å²) in [4.78, 5) is 13.3. The fraction of sp³-hybridized carbons (Fsp3) is 0.429. The van der Waals surface area contributed by atoms with Crippen LogP contribution < -0.4 is 0 Å². The highest BCUT2D eigenvalue weighted by molar-refractivity contribution is 5.76. The fourth-order valence-corrected chi connectivity index (χ4v) is 1.60. The van der Waals surface area contributed by atoms with Gasteiger partial charge in [-0.3, -0.25) is 4.79 Å². The lowest BCUT2D eigenvalue weighted by Gasteiger charge is -2.16. The smallest absolute Gasteiger partial charge is 0.223 e. The second kappa shape index (κ2) is 6.70. The fourth-order valence-electron chi connectivity index (χ4n) is 1.60. The highest BCUT2D eigenvalue weighted by atomic mass is 16.2. The van der Waals surface area contributed by atoms with Crippen LogP contribution in [-0.4, -0.2) is 17.9 Å². The van der Waals surface area contributed by atoms with Crippen LogP contribution in [0.4, 0.5) is 0 Å². The Hall–Kier alpha value is -1.82. The zero-order valence-corrected chi connectivity index (χ0v) is 10.4. The number of rotatable bonds is 5. The molecule has 3 heteroatoms. The maximum atomic E-state index is 11.6. The SMILES string of the molecule is CCc1ccc(CN(C)C(=O)CCC#N)cc1. The van der Waals surface area contributed by atoms with Crippen LogP contribution in [0.25, 0.3) is 0 Å². The van der Waals surface area contributed by atoms with Gasteiger partial charge >= 0.3 is 0 Å². The Morgan fingerprint density at radius 2 is 1.88 bits per heavy atom. The minimum Gasteiger partial charge on any atom is -0.341 e. The number of nitrogens with zero attached hydrogens (tertiary/aromatic N) is 2. The van der Waals surface area contributed by atoms with Crippen LogP contribution in [0.3, 0.4) is 0 Å². The highest BCUT2D eigenvalue weighted by Gasteiger charge is 2.08. The topological polar surface area (TPSA) is 44.1 Å². The van der Waals surface area contributed by atoms with E-state index in [9.17, 15) is 4.79 Å². The first-order chi connectivity index (χ1) is 8.17. The molecule has 0 spiro atoms. The van der Waals surface area contributed by atoms with Crippen molar-refractivity contribution in [2.75, 3.05) is 7.05 Å². The summed E-state index contributed by atoms with van der Waals surface area (Å²) in [6.45, 7) is 2.72. The molecule has 1 aromatic rings. The van der Waals surface area contributed by atoms with Gasteiger partial charge in [-0.05, 0) is 17.5 Å². The van der Waals surface area contributed by atoms with Gasteiger partial charge in [-0.15, -0.1) is 0 Å². The Bertz CT molecular complexity index is 403. The van der Waals surface area contributed by atoms with Gasteiger partial charge in [0.05, 0.1) is 6.07 Å². The van der Waals surface area contributed by atoms with Crippen LogP contribution in [-0.2, 0) is 17.8 Å². The van der Waals surface area contributed by atoms with Crippen molar-refractivity contribution in [3.05, 3.63) is 35.4 Å². The number of nitriles is 1. The normalized spacial score (nSPS) is 9.71. The molecule has 0 heterocycles. The molecule has 0 fully saturated rings. The van der Waals surface area contributed by atoms with E-state index in [0.29, 0.717) is 13.0 Å². The molecule has 90 valence electrons. The Labute approximate surface area is 103 Å². The number of aryl methyl sites for hydroxylation is 1. The third-order valence-corrected chi connectivity index (χ3v) is 2.73. The number of carbonyl (C=O) groups is 1. The van der Waals surface area contributed by atoms with Gasteiger partial charge in [0.2, 0.25) is 5.91 Å². The predicted molar refractivity (Wildman–Crippen MR) is 67.1 cm³/mol. The quantitative estimate of drug-likeness (QED) is 0.780. The molecule has 0 unspecified atom stereocenters. The van der Waals surface area contributed by atoms with Crippen molar-refractivity contribution in [2.24, 2.45) is 0 Å². The van der Waals surface area contributed by atoms with Crippen molar-refractivity contribution in [2.45, 2.75) is 32.7 Å². The lowest BCUT2D eigenvalue weighted by Crippen LogP contribution is -2.25. The average molecular weight is 230 g/mol. The summed E-state index contributed by atoms with van der Waals surface area (Å²) in [6.07, 6.45) is 1.62. The van der Waals surface area contributed by atoms with Gasteiger partial charge < -0.3 is 4.90 Å². The van der Waals surface area contributed by atoms with Crippen molar-refractivity contribution in [1.29, 1.82) is 5.26 Å². The first-order valence-electron chi connectivity index (χ1n) is 5.86. The molecule has 0 aromatic heterocycles. The zero-order valence-electron chi connectivity index (χ0n) is 10.4. The molecule has 0 aliphatic heterocycles. The summed E-state index contributed by atoms with van der Waals surface area (Å²) in [5, 5.41) is 8.42. The van der Waals surface area contributed by atoms with E-state index in [1.807, 2.05) is 18.2 Å². The molecule has 17 heavy (non-hydrogen) atoms. The van der Waals surface area contributed by atoms with Gasteiger partial charge in [0, 0.05) is 26.4 Å². The van der Waals surface area contributed by atoms with E-state index in [1.165, 1.54) is 5.56 Å². The van der Waals surface area contributed by atoms with Gasteiger partial charge in [-0.25, -0.2) is 0 Å². The summed E-state index contributed by atoms with van der Waals surface area (Å²) < 4.78 is 0. The minimum atomic E-state index is 0.0196. The third-order valence-electron chi connectivity index (χ3n) is 2.73. The molecule has 0 saturated heterocycles. The van der Waals surface area contributed by atoms with E-state index >= 15 is 0 Å². The summed E-state index contributed by atoms with van der Waals surface area (Å²) in [5.41, 5.74) is 2.42. The number of benzene rings is 1. The number of amides is 1. The number of hydrogen-bond acceptors (Lipinski definition) is 2. The molecule has 0 atom stereocenters. The summed E-state index contributed by atoms with van der Waals surface area (Å²) in [7, 11) is 1.77. The lowest BCUT2D eigenvalue weighted by molar-refractivity contribution is -0.130. The Balaban J connectivity index is 2.52. The van der Waals surface area contributed by atoms with Crippen molar-refractivity contribution < 1.29 is 4.79 Å². The van der Waals surface area contributed by atoms with Gasteiger partial charge in [0.1, 0.15) is 0 Å². The molecular formula is C14H18N2O. The molecule has 0 bridgehead atoms. The Kier molecular flexibility index (Phi) is 5.22. The van der Waals surface area contributed by atoms with E-state index in [4.69, 9.17) is 5.26 Å². The van der Waals surface area contributed by atoms with Gasteiger partial charge in [0.25, 0.3) is 0 Å². The second-order valence-corrected chi connectivity index (χ2v) is 4.08. The highest BCUT2D eigenvalue weighted by Crippen LogP contribution is 2.08. The largest absolute Gasteiger partial charge is 0.341 e. The lowest BCUT2D eigenvalue weighted by atomic mass is 10.1. The molecule has 1 aromatic carbocycles. The van der Waals surface area contributed by atoms with Crippen LogP contribution in [0.15, 0.2) is 24.3 Å². The second-order valence-electron chi connectivity index (χ2n) is 4.08. The molecule has 0 saturated carbocycles. The molecule has 0 radical (unpaired) electrons. The summed E-state index contributed by atoms with van der Waals surface area (Å²) in [6, 6.07) is 10.3. The van der Waals surface area contributed by atoms with E-state index in [1.54, 1.807) is 11.9 Å². The standard InChI is InChI=1S/C14H18N2O/c1-3-12-6-8-13(9-7-12)11-16(2)14(17)5-4-10-15/h6-9H,3-5,11H2,1-2H3. The van der Waals surface area contributed by atoms with Crippen LogP contribution in [0, 0.1) is 11.3 Å². The molecule has 1 amide bonds. The van der Waals surface area contributed by atoms with Crippen LogP contribution in [0.1, 0.15) is 30.9 Å². The van der Waals surface area contributed by atoms with E-state index in [2.05, 4.69) is 19.1 Å². The average Bonchev–Trinajstić information content (AvgIpc) is 2.36. The van der Waals surface area contributed by atoms with Gasteiger partial charge in [-0.1, -0.05) is 31.2 Å². The monoisotopic (exact) mass is 230 g/mol. The van der Waals surface area contributed by atoms with E-state index in [-0.39, 0.29) is 12.3 Å². The number of hydrogen-bond donors (Lipinski definition) is 0. The first-order valence-corrected chi connectivity index (χ1v) is 5.86. The van der Waals surface area contributed by atoms with Crippen LogP contribution in [0.5, 0.6) is 0 Å². The Morgan fingerprint density at radius 1 is 1.29 bits per heavy atom. The van der Waals surface area contributed by atoms with E-state index < -0.39 is 0 Å². The maximum absolute atomic E-state index is 11.6. The first kappa shape index (κ1) is 13.2. The Morgan fingerprint density at radius 3 is 2.41 bits per heavy atom. The molecule has 0 aliphatic carbocycles. The van der Waals surface area contributed by atoms with Crippen molar-refractivity contribution in [1.82, 2.24) is 4.90 Å². The van der Waals surface area contributed by atoms with E-state index in [0.717, 1.165) is 12.0 Å². The van der Waals surface area contributed by atoms with Crippen molar-refractivity contribution in [3.8, 4) is 6.07 Å². The molecule has 0 aliphatic rings. The third kappa shape index (κ3) is 4.28. The number of carbonyl (C=O) groups excluding carboxylic acids is 1. The van der Waals surface area contributed by atoms with Crippen LogP contribution in [0.2, 0.25) is 0 Å². The van der Waals surface area contributed by atoms with Crippen molar-refractivity contribution in [3.63, 3.8) is 0 Å². The molecular weight excluding hydrogens is 212 g/mol. The van der Waals surface area contributed by atoms with Crippen LogP contribution >= 0.6 is 0 Å². The summed E-state index contributed by atoms with van der Waals surface area (Å²) >= 11 is 0. The summed E-state index contributed by atoms with van der Waals surface area (Å²) in [5.74, 6) is 0.0196. The van der Waals surface area contributed by atoms with Crippen molar-refractivity contribution >= 4 is 5.91 Å². The maximum Gasteiger partial charge on any atom is 0.223 e.